The third kappa shape index (κ3) is 8.90. The van der Waals surface area contributed by atoms with Crippen LogP contribution in [0.1, 0.15) is 25.0 Å². The Morgan fingerprint density at radius 2 is 1.56 bits per heavy atom. The first-order valence-electron chi connectivity index (χ1n) is 13.1. The highest BCUT2D eigenvalue weighted by molar-refractivity contribution is 7.89. The average Bonchev–Trinajstić information content (AvgIpc) is 2.94. The van der Waals surface area contributed by atoms with E-state index in [2.05, 4.69) is 49.1 Å². The molecule has 0 saturated carbocycles. The van der Waals surface area contributed by atoms with Crippen LogP contribution in [-0.4, -0.2) is 77.6 Å². The van der Waals surface area contributed by atoms with E-state index in [1.54, 1.807) is 12.1 Å². The summed E-state index contributed by atoms with van der Waals surface area (Å²) in [4.78, 5) is 13.9. The predicted octanol–water partition coefficient (Wildman–Crippen LogP) is 4.90. The fourth-order valence-corrected chi connectivity index (χ4v) is 5.60. The molecule has 2 aromatic carbocycles. The van der Waals surface area contributed by atoms with Crippen molar-refractivity contribution in [2.45, 2.75) is 43.7 Å². The third-order valence-corrected chi connectivity index (χ3v) is 8.35. The number of nitrogens with one attached hydrogen (secondary N) is 2. The molecule has 2 N–H and O–H groups in total. The Hall–Kier alpha value is -3.70. The van der Waals surface area contributed by atoms with E-state index in [1.807, 2.05) is 0 Å². The summed E-state index contributed by atoms with van der Waals surface area (Å²) in [6.45, 7) is 4.43. The summed E-state index contributed by atoms with van der Waals surface area (Å²) in [6.07, 6.45) is -9.32. The van der Waals surface area contributed by atoms with E-state index in [9.17, 15) is 34.8 Å². The van der Waals surface area contributed by atoms with Crippen molar-refractivity contribution >= 4 is 27.6 Å². The van der Waals surface area contributed by atoms with E-state index in [-0.39, 0.29) is 29.0 Å². The zero-order chi connectivity index (χ0) is 31.4. The van der Waals surface area contributed by atoms with Crippen molar-refractivity contribution in [1.29, 1.82) is 0 Å². The predicted molar refractivity (Wildman–Crippen MR) is 145 cm³/mol. The molecule has 0 bridgehead atoms. The number of benzene rings is 2. The molecule has 1 aliphatic rings. The molecule has 4 rings (SSSR count). The molecule has 1 aliphatic heterocycles. The van der Waals surface area contributed by atoms with Crippen molar-refractivity contribution in [3.8, 4) is 6.01 Å². The lowest BCUT2D eigenvalue weighted by molar-refractivity contribution is -0.154. The number of hydrogen-bond donors (Lipinski definition) is 2. The zero-order valence-corrected chi connectivity index (χ0v) is 23.9. The number of nitrogens with zero attached hydrogens (tertiary/aromatic N) is 5. The van der Waals surface area contributed by atoms with E-state index in [4.69, 9.17) is 0 Å². The molecule has 0 amide bonds. The molecule has 234 valence electrons. The largest absolute Gasteiger partial charge is 0.454 e. The molecular formula is C26H29F6N7O3S. The van der Waals surface area contributed by atoms with Crippen molar-refractivity contribution in [3.05, 3.63) is 59.7 Å². The van der Waals surface area contributed by atoms with Crippen LogP contribution in [0.5, 0.6) is 6.01 Å². The Balaban J connectivity index is 1.47. The Morgan fingerprint density at radius 1 is 0.907 bits per heavy atom. The number of sulfonamides is 1. The Bertz CT molecular complexity index is 1490. The van der Waals surface area contributed by atoms with Crippen molar-refractivity contribution < 1.29 is 39.5 Å². The van der Waals surface area contributed by atoms with Crippen LogP contribution in [0.3, 0.4) is 0 Å². The lowest BCUT2D eigenvalue weighted by Gasteiger charge is -2.36. The highest BCUT2D eigenvalue weighted by Crippen LogP contribution is 2.31. The smallest absolute Gasteiger partial charge is 0.422 e. The van der Waals surface area contributed by atoms with Crippen LogP contribution in [0.15, 0.2) is 53.4 Å². The van der Waals surface area contributed by atoms with Crippen LogP contribution >= 0.6 is 0 Å². The Labute approximate surface area is 244 Å². The maximum atomic E-state index is 13.1. The molecule has 0 atom stereocenters. The van der Waals surface area contributed by atoms with E-state index in [1.165, 1.54) is 22.5 Å². The maximum Gasteiger partial charge on any atom is 0.422 e. The van der Waals surface area contributed by atoms with E-state index >= 15 is 0 Å². The summed E-state index contributed by atoms with van der Waals surface area (Å²) in [7, 11) is -3.70. The maximum absolute atomic E-state index is 13.1. The first-order valence-corrected chi connectivity index (χ1v) is 14.5. The fourth-order valence-electron chi connectivity index (χ4n) is 4.17. The molecule has 3 aromatic rings. The van der Waals surface area contributed by atoms with Gasteiger partial charge in [-0.1, -0.05) is 18.2 Å². The van der Waals surface area contributed by atoms with Crippen molar-refractivity contribution in [3.63, 3.8) is 0 Å². The standard InChI is InChI=1S/C26H29F6N7O3S/c1-17(2)38-10-12-39(13-11-38)43(40,41)21-8-6-18(7-9-21)15-33-22-35-23(37-24(36-22)42-16-25(27,28)29)34-20-5-3-4-19(14-20)26(30,31)32/h3-9,14,17H,10-13,15-16H2,1-2H3,(H2,33,34,35,36,37). The van der Waals surface area contributed by atoms with Crippen LogP contribution in [0.2, 0.25) is 0 Å². The summed E-state index contributed by atoms with van der Waals surface area (Å²) in [5.41, 5.74) is -0.438. The van der Waals surface area contributed by atoms with Crippen molar-refractivity contribution in [2.24, 2.45) is 0 Å². The lowest BCUT2D eigenvalue weighted by Crippen LogP contribution is -2.50. The van der Waals surface area contributed by atoms with Gasteiger partial charge < -0.3 is 15.4 Å². The summed E-state index contributed by atoms with van der Waals surface area (Å²) in [5.74, 6) is -0.602. The molecule has 17 heteroatoms. The van der Waals surface area contributed by atoms with Crippen LogP contribution in [0.4, 0.5) is 43.9 Å². The molecule has 0 radical (unpaired) electrons. The highest BCUT2D eigenvalue weighted by Gasteiger charge is 2.31. The lowest BCUT2D eigenvalue weighted by atomic mass is 10.2. The molecule has 0 unspecified atom stereocenters. The van der Waals surface area contributed by atoms with Gasteiger partial charge >= 0.3 is 18.4 Å². The SMILES string of the molecule is CC(C)N1CCN(S(=O)(=O)c2ccc(CNc3nc(Nc4cccc(C(F)(F)F)c4)nc(OCC(F)(F)F)n3)cc2)CC1. The van der Waals surface area contributed by atoms with Crippen LogP contribution in [-0.2, 0) is 22.7 Å². The van der Waals surface area contributed by atoms with Gasteiger partial charge in [0.05, 0.1) is 10.5 Å². The fraction of sp³-hybridized carbons (Fsp3) is 0.423. The monoisotopic (exact) mass is 633 g/mol. The first-order chi connectivity index (χ1) is 20.1. The number of alkyl halides is 6. The van der Waals surface area contributed by atoms with Crippen molar-refractivity contribution in [2.75, 3.05) is 43.4 Å². The number of piperazine rings is 1. The molecule has 2 heterocycles. The van der Waals surface area contributed by atoms with Gasteiger partial charge in [-0.25, -0.2) is 8.42 Å². The highest BCUT2D eigenvalue weighted by atomic mass is 32.2. The van der Waals surface area contributed by atoms with E-state index in [0.717, 1.165) is 18.2 Å². The van der Waals surface area contributed by atoms with Crippen LogP contribution < -0.4 is 15.4 Å². The van der Waals surface area contributed by atoms with E-state index < -0.39 is 40.6 Å². The summed E-state index contributed by atoms with van der Waals surface area (Å²) in [6, 6.07) is 9.70. The van der Waals surface area contributed by atoms with Gasteiger partial charge in [-0.3, -0.25) is 4.90 Å². The number of ether oxygens (including phenoxy) is 1. The summed E-state index contributed by atoms with van der Waals surface area (Å²) in [5, 5.41) is 5.31. The van der Waals surface area contributed by atoms with Crippen molar-refractivity contribution in [1.82, 2.24) is 24.2 Å². The number of hydrogen-bond acceptors (Lipinski definition) is 9. The van der Waals surface area contributed by atoms with Gasteiger partial charge in [-0.05, 0) is 49.7 Å². The van der Waals surface area contributed by atoms with Gasteiger partial charge in [0.1, 0.15) is 0 Å². The normalized spacial score (nSPS) is 15.5. The number of rotatable bonds is 10. The molecular weight excluding hydrogens is 604 g/mol. The molecule has 0 aliphatic carbocycles. The van der Waals surface area contributed by atoms with Crippen LogP contribution in [0, 0.1) is 0 Å². The topological polar surface area (TPSA) is 113 Å². The number of aromatic nitrogens is 3. The van der Waals surface area contributed by atoms with Gasteiger partial charge in [0.25, 0.3) is 0 Å². The number of anilines is 3. The summed E-state index contributed by atoms with van der Waals surface area (Å²) < 4.78 is 110. The first kappa shape index (κ1) is 32.2. The average molecular weight is 634 g/mol. The quantitative estimate of drug-likeness (QED) is 0.301. The van der Waals surface area contributed by atoms with Gasteiger partial charge in [0, 0.05) is 44.5 Å². The third-order valence-electron chi connectivity index (χ3n) is 6.44. The van der Waals surface area contributed by atoms with Gasteiger partial charge in [0.15, 0.2) is 6.61 Å². The Morgan fingerprint density at radius 3 is 2.16 bits per heavy atom. The molecule has 1 aromatic heterocycles. The summed E-state index contributed by atoms with van der Waals surface area (Å²) >= 11 is 0. The van der Waals surface area contributed by atoms with Gasteiger partial charge in [-0.2, -0.15) is 45.6 Å². The minimum atomic E-state index is -4.70. The van der Waals surface area contributed by atoms with E-state index in [0.29, 0.717) is 37.8 Å². The molecule has 1 saturated heterocycles. The second-order valence-electron chi connectivity index (χ2n) is 9.90. The Kier molecular flexibility index (Phi) is 9.66. The molecule has 10 nitrogen and oxygen atoms in total. The molecule has 0 spiro atoms. The van der Waals surface area contributed by atoms with Gasteiger partial charge in [-0.15, -0.1) is 0 Å². The zero-order valence-electron chi connectivity index (χ0n) is 23.1. The minimum absolute atomic E-state index is 0.0269. The second kappa shape index (κ2) is 12.9. The molecule has 1 fully saturated rings. The minimum Gasteiger partial charge on any atom is -0.454 e. The second-order valence-corrected chi connectivity index (χ2v) is 11.8. The van der Waals surface area contributed by atoms with Crippen LogP contribution in [0.25, 0.3) is 0 Å². The number of halogens is 6. The van der Waals surface area contributed by atoms with Gasteiger partial charge in [0.2, 0.25) is 21.9 Å². The molecule has 43 heavy (non-hydrogen) atoms.